The maximum atomic E-state index is 13.1. The van der Waals surface area contributed by atoms with E-state index in [4.69, 9.17) is 0 Å². The van der Waals surface area contributed by atoms with Crippen LogP contribution in [0.15, 0.2) is 30.3 Å². The van der Waals surface area contributed by atoms with E-state index in [2.05, 4.69) is 49.0 Å². The molecule has 1 aliphatic heterocycles. The second-order valence-corrected chi connectivity index (χ2v) is 7.42. The van der Waals surface area contributed by atoms with Gasteiger partial charge in [-0.15, -0.1) is 0 Å². The number of rotatable bonds is 2. The molecule has 0 bridgehead atoms. The topological polar surface area (TPSA) is 58.1 Å². The van der Waals surface area contributed by atoms with Crippen molar-refractivity contribution >= 4 is 17.4 Å². The monoisotopic (exact) mass is 324 g/mol. The molecule has 1 atom stereocenters. The Balaban J connectivity index is 1.96. The minimum atomic E-state index is -0.130. The van der Waals surface area contributed by atoms with Gasteiger partial charge in [-0.1, -0.05) is 18.2 Å². The molecule has 1 N–H and O–H groups in total. The van der Waals surface area contributed by atoms with Crippen LogP contribution in [0.2, 0.25) is 0 Å². The molecule has 0 aliphatic carbocycles. The highest BCUT2D eigenvalue weighted by Crippen LogP contribution is 2.33. The number of fused-ring (bicyclic) bond motifs is 1. The molecule has 0 saturated heterocycles. The minimum Gasteiger partial charge on any atom is -0.365 e. The third-order valence-corrected chi connectivity index (χ3v) is 3.99. The predicted octanol–water partition coefficient (Wildman–Crippen LogP) is 3.59. The van der Waals surface area contributed by atoms with Crippen LogP contribution in [0.5, 0.6) is 0 Å². The number of carbonyl (C=O) groups is 1. The molecule has 5 nitrogen and oxygen atoms in total. The van der Waals surface area contributed by atoms with Gasteiger partial charge in [-0.05, 0) is 52.7 Å². The van der Waals surface area contributed by atoms with Crippen molar-refractivity contribution < 1.29 is 4.79 Å². The van der Waals surface area contributed by atoms with Crippen molar-refractivity contribution in [3.05, 3.63) is 47.4 Å². The zero-order chi connectivity index (χ0) is 17.5. The molecule has 3 rings (SSSR count). The van der Waals surface area contributed by atoms with Crippen molar-refractivity contribution in [2.75, 3.05) is 10.2 Å². The molecular formula is C19H24N4O. The summed E-state index contributed by atoms with van der Waals surface area (Å²) in [6.45, 7) is 10.1. The number of amides is 1. The van der Waals surface area contributed by atoms with Crippen LogP contribution >= 0.6 is 0 Å². The van der Waals surface area contributed by atoms with Gasteiger partial charge in [0.2, 0.25) is 0 Å². The first-order valence-electron chi connectivity index (χ1n) is 8.30. The summed E-state index contributed by atoms with van der Waals surface area (Å²) in [7, 11) is 0. The second kappa shape index (κ2) is 5.89. The van der Waals surface area contributed by atoms with Gasteiger partial charge in [0.25, 0.3) is 5.91 Å². The van der Waals surface area contributed by atoms with Gasteiger partial charge in [-0.25, -0.2) is 9.97 Å². The van der Waals surface area contributed by atoms with Crippen molar-refractivity contribution in [1.29, 1.82) is 0 Å². The fourth-order valence-electron chi connectivity index (χ4n) is 3.12. The Bertz CT molecular complexity index is 779. The van der Waals surface area contributed by atoms with Crippen LogP contribution in [0.25, 0.3) is 0 Å². The van der Waals surface area contributed by atoms with Gasteiger partial charge in [0.05, 0.1) is 0 Å². The number of para-hydroxylation sites is 1. The molecule has 5 heteroatoms. The number of hydrogen-bond acceptors (Lipinski definition) is 4. The lowest BCUT2D eigenvalue weighted by Gasteiger charge is -2.24. The molecular weight excluding hydrogens is 300 g/mol. The molecule has 0 radical (unpaired) electrons. The summed E-state index contributed by atoms with van der Waals surface area (Å²) in [6, 6.07) is 9.93. The van der Waals surface area contributed by atoms with Gasteiger partial charge < -0.3 is 10.2 Å². The second-order valence-electron chi connectivity index (χ2n) is 7.42. The van der Waals surface area contributed by atoms with Crippen molar-refractivity contribution in [2.24, 2.45) is 0 Å². The van der Waals surface area contributed by atoms with Gasteiger partial charge in [0.15, 0.2) is 0 Å². The molecule has 24 heavy (non-hydrogen) atoms. The van der Waals surface area contributed by atoms with E-state index >= 15 is 0 Å². The molecule has 1 aromatic heterocycles. The van der Waals surface area contributed by atoms with Crippen LogP contribution in [-0.4, -0.2) is 27.5 Å². The van der Waals surface area contributed by atoms with Crippen molar-refractivity contribution in [1.82, 2.24) is 9.97 Å². The molecule has 1 aliphatic rings. The quantitative estimate of drug-likeness (QED) is 0.917. The van der Waals surface area contributed by atoms with Gasteiger partial charge in [0, 0.05) is 23.3 Å². The highest BCUT2D eigenvalue weighted by atomic mass is 16.2. The number of anilines is 2. The number of benzene rings is 1. The summed E-state index contributed by atoms with van der Waals surface area (Å²) in [4.78, 5) is 23.7. The Morgan fingerprint density at radius 3 is 2.67 bits per heavy atom. The summed E-state index contributed by atoms with van der Waals surface area (Å²) >= 11 is 0. The van der Waals surface area contributed by atoms with Crippen LogP contribution in [0.4, 0.5) is 11.5 Å². The van der Waals surface area contributed by atoms with Gasteiger partial charge in [-0.3, -0.25) is 4.79 Å². The summed E-state index contributed by atoms with van der Waals surface area (Å²) in [5.74, 6) is 1.20. The molecule has 0 spiro atoms. The van der Waals surface area contributed by atoms with E-state index in [-0.39, 0.29) is 17.5 Å². The molecule has 1 aromatic carbocycles. The standard InChI is InChI=1S/C19H24N4O/c1-12-10-14-8-6-7-9-16(14)23(12)18(24)15-11-17(21-13(2)20-15)22-19(3,4)5/h6-9,11-12H,10H2,1-5H3,(H,20,21,22). The van der Waals surface area contributed by atoms with Gasteiger partial charge in [-0.2, -0.15) is 0 Å². The Labute approximate surface area is 143 Å². The zero-order valence-electron chi connectivity index (χ0n) is 14.9. The van der Waals surface area contributed by atoms with Gasteiger partial charge in [0.1, 0.15) is 17.3 Å². The van der Waals surface area contributed by atoms with E-state index in [9.17, 15) is 4.79 Å². The average molecular weight is 324 g/mol. The number of carbonyl (C=O) groups excluding carboxylic acids is 1. The number of aromatic nitrogens is 2. The van der Waals surface area contributed by atoms with E-state index in [0.29, 0.717) is 17.3 Å². The molecule has 0 fully saturated rings. The van der Waals surface area contributed by atoms with Crippen LogP contribution in [0.1, 0.15) is 49.6 Å². The van der Waals surface area contributed by atoms with Crippen LogP contribution in [0, 0.1) is 6.92 Å². The third-order valence-electron chi connectivity index (χ3n) is 3.99. The summed E-state index contributed by atoms with van der Waals surface area (Å²) < 4.78 is 0. The number of nitrogens with zero attached hydrogens (tertiary/aromatic N) is 3. The van der Waals surface area contributed by atoms with E-state index < -0.39 is 0 Å². The molecule has 1 amide bonds. The van der Waals surface area contributed by atoms with Crippen LogP contribution in [0.3, 0.4) is 0 Å². The Hall–Kier alpha value is -2.43. The average Bonchev–Trinajstić information content (AvgIpc) is 2.79. The SMILES string of the molecule is Cc1nc(NC(C)(C)C)cc(C(=O)N2c3ccccc3CC2C)n1. The van der Waals surface area contributed by atoms with E-state index in [1.54, 1.807) is 6.07 Å². The number of hydrogen-bond donors (Lipinski definition) is 1. The summed E-state index contributed by atoms with van der Waals surface area (Å²) in [5.41, 5.74) is 2.49. The Morgan fingerprint density at radius 2 is 1.96 bits per heavy atom. The molecule has 1 unspecified atom stereocenters. The lowest BCUT2D eigenvalue weighted by molar-refractivity contribution is 0.0976. The summed E-state index contributed by atoms with van der Waals surface area (Å²) in [6.07, 6.45) is 0.874. The fraction of sp³-hybridized carbons (Fsp3) is 0.421. The Morgan fingerprint density at radius 1 is 1.25 bits per heavy atom. The first kappa shape index (κ1) is 16.4. The lowest BCUT2D eigenvalue weighted by atomic mass is 10.1. The van der Waals surface area contributed by atoms with E-state index in [1.165, 1.54) is 5.56 Å². The smallest absolute Gasteiger partial charge is 0.277 e. The largest absolute Gasteiger partial charge is 0.365 e. The van der Waals surface area contributed by atoms with E-state index in [0.717, 1.165) is 12.1 Å². The van der Waals surface area contributed by atoms with Crippen molar-refractivity contribution in [3.8, 4) is 0 Å². The van der Waals surface area contributed by atoms with Crippen molar-refractivity contribution in [3.63, 3.8) is 0 Å². The first-order chi connectivity index (χ1) is 11.2. The minimum absolute atomic E-state index is 0.0742. The Kier molecular flexibility index (Phi) is 4.03. The fourth-order valence-corrected chi connectivity index (χ4v) is 3.12. The van der Waals surface area contributed by atoms with Gasteiger partial charge >= 0.3 is 0 Å². The van der Waals surface area contributed by atoms with Crippen molar-refractivity contribution in [2.45, 2.75) is 52.6 Å². The van der Waals surface area contributed by atoms with Crippen LogP contribution in [-0.2, 0) is 6.42 Å². The summed E-state index contributed by atoms with van der Waals surface area (Å²) in [5, 5.41) is 3.32. The lowest BCUT2D eigenvalue weighted by Crippen LogP contribution is -2.36. The number of nitrogens with one attached hydrogen (secondary N) is 1. The highest BCUT2D eigenvalue weighted by Gasteiger charge is 2.32. The maximum Gasteiger partial charge on any atom is 0.277 e. The first-order valence-corrected chi connectivity index (χ1v) is 8.30. The van der Waals surface area contributed by atoms with Crippen LogP contribution < -0.4 is 10.2 Å². The van der Waals surface area contributed by atoms with E-state index in [1.807, 2.05) is 30.0 Å². The normalized spacial score (nSPS) is 16.9. The predicted molar refractivity (Wildman–Crippen MR) is 96.6 cm³/mol. The third kappa shape index (κ3) is 3.25. The highest BCUT2D eigenvalue weighted by molar-refractivity contribution is 6.06. The molecule has 2 aromatic rings. The molecule has 126 valence electrons. The zero-order valence-corrected chi connectivity index (χ0v) is 14.9. The molecule has 0 saturated carbocycles. The number of aryl methyl sites for hydroxylation is 1. The maximum absolute atomic E-state index is 13.1. The molecule has 2 heterocycles.